The molecule has 0 spiro atoms. The van der Waals surface area contributed by atoms with E-state index >= 15 is 0 Å². The third-order valence-electron chi connectivity index (χ3n) is 2.97. The lowest BCUT2D eigenvalue weighted by Gasteiger charge is -2.12. The second-order valence-electron chi connectivity index (χ2n) is 4.47. The van der Waals surface area contributed by atoms with E-state index < -0.39 is 6.10 Å². The Kier molecular flexibility index (Phi) is 4.60. The second kappa shape index (κ2) is 6.00. The van der Waals surface area contributed by atoms with Crippen molar-refractivity contribution in [1.82, 2.24) is 0 Å². The van der Waals surface area contributed by atoms with E-state index in [0.29, 0.717) is 6.42 Å². The van der Waals surface area contributed by atoms with Gasteiger partial charge in [0.2, 0.25) is 0 Å². The van der Waals surface area contributed by atoms with Crippen LogP contribution in [-0.4, -0.2) is 5.11 Å². The fourth-order valence-electron chi connectivity index (χ4n) is 1.94. The van der Waals surface area contributed by atoms with E-state index in [-0.39, 0.29) is 0 Å². The van der Waals surface area contributed by atoms with Crippen LogP contribution >= 0.6 is 27.3 Å². The third kappa shape index (κ3) is 3.22. The van der Waals surface area contributed by atoms with Crippen molar-refractivity contribution in [2.45, 2.75) is 32.8 Å². The number of hydrogen-bond acceptors (Lipinski definition) is 2. The minimum absolute atomic E-state index is 0.442. The molecule has 0 aliphatic heterocycles. The molecule has 1 N–H and O–H groups in total. The van der Waals surface area contributed by atoms with Gasteiger partial charge in [-0.25, -0.2) is 0 Å². The highest BCUT2D eigenvalue weighted by Crippen LogP contribution is 2.29. The van der Waals surface area contributed by atoms with Gasteiger partial charge in [-0.1, -0.05) is 40.5 Å². The summed E-state index contributed by atoms with van der Waals surface area (Å²) in [6.45, 7) is 4.20. The zero-order valence-electron chi connectivity index (χ0n) is 10.6. The Bertz CT molecular complexity index is 533. The van der Waals surface area contributed by atoms with Gasteiger partial charge in [0.25, 0.3) is 0 Å². The fourth-order valence-corrected chi connectivity index (χ4v) is 3.45. The van der Waals surface area contributed by atoms with Gasteiger partial charge >= 0.3 is 0 Å². The molecule has 0 fully saturated rings. The molecule has 18 heavy (non-hydrogen) atoms. The topological polar surface area (TPSA) is 20.2 Å². The molecule has 96 valence electrons. The van der Waals surface area contributed by atoms with Gasteiger partial charge in [0.1, 0.15) is 0 Å². The first-order valence-corrected chi connectivity index (χ1v) is 7.72. The van der Waals surface area contributed by atoms with Crippen LogP contribution in [0.15, 0.2) is 34.8 Å². The molecule has 0 saturated heterocycles. The van der Waals surface area contributed by atoms with Crippen molar-refractivity contribution in [2.75, 3.05) is 0 Å². The summed E-state index contributed by atoms with van der Waals surface area (Å²) >= 11 is 5.30. The monoisotopic (exact) mass is 324 g/mol. The Morgan fingerprint density at radius 2 is 1.94 bits per heavy atom. The average Bonchev–Trinajstić information content (AvgIpc) is 2.80. The molecule has 1 nitrogen and oxygen atoms in total. The standard InChI is InChI=1S/C15H17BrOS/c1-3-11-5-6-12(18-11)9-15(17)13-8-10(2)4-7-14(13)16/h4-8,15,17H,3,9H2,1-2H3. The van der Waals surface area contributed by atoms with Crippen molar-refractivity contribution in [2.24, 2.45) is 0 Å². The highest BCUT2D eigenvalue weighted by Gasteiger charge is 2.13. The molecular formula is C15H17BrOS. The number of rotatable bonds is 4. The van der Waals surface area contributed by atoms with Crippen molar-refractivity contribution < 1.29 is 5.11 Å². The van der Waals surface area contributed by atoms with E-state index in [1.54, 1.807) is 11.3 Å². The van der Waals surface area contributed by atoms with Crippen LogP contribution in [0.5, 0.6) is 0 Å². The van der Waals surface area contributed by atoms with Gasteiger partial charge in [-0.05, 0) is 37.1 Å². The summed E-state index contributed by atoms with van der Waals surface area (Å²) in [7, 11) is 0. The molecule has 1 aromatic heterocycles. The summed E-state index contributed by atoms with van der Waals surface area (Å²) in [6, 6.07) is 10.4. The first kappa shape index (κ1) is 13.8. The Morgan fingerprint density at radius 3 is 2.61 bits per heavy atom. The Hall–Kier alpha value is -0.640. The zero-order chi connectivity index (χ0) is 13.1. The maximum absolute atomic E-state index is 10.3. The normalized spacial score (nSPS) is 12.7. The van der Waals surface area contributed by atoms with Gasteiger partial charge in [0, 0.05) is 20.6 Å². The molecular weight excluding hydrogens is 308 g/mol. The van der Waals surface area contributed by atoms with Crippen molar-refractivity contribution in [3.8, 4) is 0 Å². The molecule has 0 saturated carbocycles. The third-order valence-corrected chi connectivity index (χ3v) is 4.94. The Labute approximate surface area is 121 Å². The number of benzene rings is 1. The quantitative estimate of drug-likeness (QED) is 0.867. The summed E-state index contributed by atoms with van der Waals surface area (Å²) in [4.78, 5) is 2.62. The number of aliphatic hydroxyl groups excluding tert-OH is 1. The van der Waals surface area contributed by atoms with Gasteiger partial charge < -0.3 is 5.11 Å². The molecule has 1 aromatic carbocycles. The predicted octanol–water partition coefficient (Wildman–Crippen LogP) is 4.66. The van der Waals surface area contributed by atoms with E-state index in [9.17, 15) is 5.11 Å². The molecule has 0 radical (unpaired) electrons. The maximum atomic E-state index is 10.3. The fraction of sp³-hybridized carbons (Fsp3) is 0.333. The van der Waals surface area contributed by atoms with Gasteiger partial charge in [-0.2, -0.15) is 0 Å². The van der Waals surface area contributed by atoms with Crippen molar-refractivity contribution in [3.63, 3.8) is 0 Å². The summed E-state index contributed by atoms with van der Waals surface area (Å²) in [5.74, 6) is 0. The van der Waals surface area contributed by atoms with E-state index in [0.717, 1.165) is 16.5 Å². The minimum atomic E-state index is -0.442. The molecule has 2 aromatic rings. The van der Waals surface area contributed by atoms with Crippen LogP contribution in [0.2, 0.25) is 0 Å². The average molecular weight is 325 g/mol. The molecule has 3 heteroatoms. The SMILES string of the molecule is CCc1ccc(CC(O)c2cc(C)ccc2Br)s1. The number of hydrogen-bond donors (Lipinski definition) is 1. The van der Waals surface area contributed by atoms with Crippen LogP contribution < -0.4 is 0 Å². The largest absolute Gasteiger partial charge is 0.388 e. The Balaban J connectivity index is 2.16. The molecule has 0 aliphatic rings. The van der Waals surface area contributed by atoms with Crippen LogP contribution in [0, 0.1) is 6.92 Å². The van der Waals surface area contributed by atoms with Crippen LogP contribution in [0.25, 0.3) is 0 Å². The van der Waals surface area contributed by atoms with Gasteiger partial charge in [0.05, 0.1) is 6.10 Å². The van der Waals surface area contributed by atoms with Gasteiger partial charge in [0.15, 0.2) is 0 Å². The Morgan fingerprint density at radius 1 is 1.22 bits per heavy atom. The molecule has 1 unspecified atom stereocenters. The van der Waals surface area contributed by atoms with E-state index in [1.807, 2.05) is 25.1 Å². The molecule has 1 heterocycles. The predicted molar refractivity (Wildman–Crippen MR) is 81.2 cm³/mol. The lowest BCUT2D eigenvalue weighted by atomic mass is 10.0. The van der Waals surface area contributed by atoms with E-state index in [4.69, 9.17) is 0 Å². The highest BCUT2D eigenvalue weighted by atomic mass is 79.9. The lowest BCUT2D eigenvalue weighted by molar-refractivity contribution is 0.178. The first-order chi connectivity index (χ1) is 8.60. The van der Waals surface area contributed by atoms with Crippen molar-refractivity contribution in [3.05, 3.63) is 55.7 Å². The molecule has 1 atom stereocenters. The van der Waals surface area contributed by atoms with Crippen LogP contribution in [-0.2, 0) is 12.8 Å². The number of aryl methyl sites for hydroxylation is 2. The highest BCUT2D eigenvalue weighted by molar-refractivity contribution is 9.10. The lowest BCUT2D eigenvalue weighted by Crippen LogP contribution is -2.02. The van der Waals surface area contributed by atoms with Crippen molar-refractivity contribution in [1.29, 1.82) is 0 Å². The van der Waals surface area contributed by atoms with Gasteiger partial charge in [-0.15, -0.1) is 11.3 Å². The summed E-state index contributed by atoms with van der Waals surface area (Å²) in [5, 5.41) is 10.3. The second-order valence-corrected chi connectivity index (χ2v) is 6.57. The molecule has 2 rings (SSSR count). The zero-order valence-corrected chi connectivity index (χ0v) is 13.0. The maximum Gasteiger partial charge on any atom is 0.0849 e. The van der Waals surface area contributed by atoms with Gasteiger partial charge in [-0.3, -0.25) is 0 Å². The van der Waals surface area contributed by atoms with Crippen LogP contribution in [0.3, 0.4) is 0 Å². The van der Waals surface area contributed by atoms with Crippen LogP contribution in [0.1, 0.15) is 33.9 Å². The molecule has 0 bridgehead atoms. The number of halogens is 1. The summed E-state index contributed by atoms with van der Waals surface area (Å²) in [5.41, 5.74) is 2.15. The molecule has 0 amide bonds. The van der Waals surface area contributed by atoms with E-state index in [2.05, 4.69) is 35.0 Å². The number of aliphatic hydroxyl groups is 1. The summed E-state index contributed by atoms with van der Waals surface area (Å²) in [6.07, 6.45) is 1.31. The van der Waals surface area contributed by atoms with Crippen molar-refractivity contribution >= 4 is 27.3 Å². The van der Waals surface area contributed by atoms with E-state index in [1.165, 1.54) is 15.3 Å². The van der Waals surface area contributed by atoms with Crippen LogP contribution in [0.4, 0.5) is 0 Å². The molecule has 0 aliphatic carbocycles. The first-order valence-electron chi connectivity index (χ1n) is 6.12. The number of thiophene rings is 1. The summed E-state index contributed by atoms with van der Waals surface area (Å²) < 4.78 is 0.980. The minimum Gasteiger partial charge on any atom is -0.388 e. The smallest absolute Gasteiger partial charge is 0.0849 e.